The van der Waals surface area contributed by atoms with E-state index in [1.54, 1.807) is 18.2 Å². The third-order valence-electron chi connectivity index (χ3n) is 3.40. The first-order chi connectivity index (χ1) is 10.8. The quantitative estimate of drug-likeness (QED) is 0.826. The monoisotopic (exact) mass is 354 g/mol. The highest BCUT2D eigenvalue weighted by molar-refractivity contribution is 8.00. The zero-order valence-corrected chi connectivity index (χ0v) is 14.3. The van der Waals surface area contributed by atoms with Crippen LogP contribution in [-0.2, 0) is 14.6 Å². The van der Waals surface area contributed by atoms with Gasteiger partial charge in [0.2, 0.25) is 5.91 Å². The van der Waals surface area contributed by atoms with Gasteiger partial charge in [0.25, 0.3) is 5.91 Å². The lowest BCUT2D eigenvalue weighted by atomic mass is 10.1. The third-order valence-corrected chi connectivity index (χ3v) is 6.05. The summed E-state index contributed by atoms with van der Waals surface area (Å²) in [6, 6.07) is 6.43. The van der Waals surface area contributed by atoms with Crippen molar-refractivity contribution in [3.63, 3.8) is 0 Å². The lowest BCUT2D eigenvalue weighted by Gasteiger charge is -2.34. The average molecular weight is 354 g/mol. The molecular weight excluding hydrogens is 336 g/mol. The van der Waals surface area contributed by atoms with Crippen molar-refractivity contribution in [3.8, 4) is 0 Å². The Kier molecular flexibility index (Phi) is 5.48. The van der Waals surface area contributed by atoms with Gasteiger partial charge in [-0.3, -0.25) is 9.59 Å². The Bertz CT molecular complexity index is 731. The molecule has 0 aromatic heterocycles. The minimum absolute atomic E-state index is 0.340. The van der Waals surface area contributed by atoms with Crippen LogP contribution in [0, 0.1) is 0 Å². The summed E-state index contributed by atoms with van der Waals surface area (Å²) in [4.78, 5) is 25.4. The van der Waals surface area contributed by atoms with Crippen LogP contribution in [0.5, 0.6) is 0 Å². The maximum atomic E-state index is 12.7. The number of benzene rings is 1. The van der Waals surface area contributed by atoms with Gasteiger partial charge in [0.1, 0.15) is 5.37 Å². The van der Waals surface area contributed by atoms with E-state index in [9.17, 15) is 18.0 Å². The zero-order valence-electron chi connectivity index (χ0n) is 12.7. The first kappa shape index (κ1) is 17.6. The van der Waals surface area contributed by atoms with Crippen molar-refractivity contribution >= 4 is 39.1 Å². The van der Waals surface area contributed by atoms with Gasteiger partial charge in [-0.15, -0.1) is 0 Å². The molecule has 8 heteroatoms. The molecule has 2 amide bonds. The number of carbonyl (C=O) groups is 2. The Labute approximate surface area is 139 Å². The molecule has 1 N–H and O–H groups in total. The molecular formula is C15H18N2O4S2. The van der Waals surface area contributed by atoms with Gasteiger partial charge in [-0.25, -0.2) is 8.42 Å². The van der Waals surface area contributed by atoms with Crippen LogP contribution < -0.4 is 5.32 Å². The van der Waals surface area contributed by atoms with Crippen LogP contribution in [0.15, 0.2) is 36.9 Å². The minimum atomic E-state index is -3.36. The van der Waals surface area contributed by atoms with E-state index >= 15 is 0 Å². The van der Waals surface area contributed by atoms with Crippen molar-refractivity contribution < 1.29 is 18.0 Å². The van der Waals surface area contributed by atoms with Crippen molar-refractivity contribution in [2.24, 2.45) is 0 Å². The summed E-state index contributed by atoms with van der Waals surface area (Å²) >= 11 is 1.52. The second kappa shape index (κ2) is 7.18. The minimum Gasteiger partial charge on any atom is -0.323 e. The van der Waals surface area contributed by atoms with Crippen LogP contribution in [0.4, 0.5) is 5.69 Å². The fourth-order valence-electron chi connectivity index (χ4n) is 2.26. The number of nitrogens with one attached hydrogen (secondary N) is 1. The molecule has 6 nitrogen and oxygen atoms in total. The second-order valence-electron chi connectivity index (χ2n) is 5.13. The molecule has 0 bridgehead atoms. The summed E-state index contributed by atoms with van der Waals surface area (Å²) in [5, 5.41) is 1.76. The molecule has 1 saturated heterocycles. The molecule has 0 radical (unpaired) electrons. The Morgan fingerprint density at radius 1 is 1.43 bits per heavy atom. The normalized spacial score (nSPS) is 18.3. The number of anilines is 1. The van der Waals surface area contributed by atoms with E-state index in [1.807, 2.05) is 0 Å². The Morgan fingerprint density at radius 2 is 2.17 bits per heavy atom. The van der Waals surface area contributed by atoms with E-state index in [0.29, 0.717) is 29.3 Å². The van der Waals surface area contributed by atoms with Crippen molar-refractivity contribution in [2.75, 3.05) is 29.6 Å². The lowest BCUT2D eigenvalue weighted by molar-refractivity contribution is -0.111. The lowest BCUT2D eigenvalue weighted by Crippen LogP contribution is -2.49. The average Bonchev–Trinajstić information content (AvgIpc) is 2.53. The van der Waals surface area contributed by atoms with E-state index in [-0.39, 0.29) is 11.8 Å². The fraction of sp³-hybridized carbons (Fsp3) is 0.333. The van der Waals surface area contributed by atoms with Crippen molar-refractivity contribution in [2.45, 2.75) is 5.37 Å². The van der Waals surface area contributed by atoms with Gasteiger partial charge in [-0.2, -0.15) is 11.8 Å². The van der Waals surface area contributed by atoms with E-state index in [1.165, 1.54) is 22.7 Å². The molecule has 0 spiro atoms. The van der Waals surface area contributed by atoms with Gasteiger partial charge < -0.3 is 10.2 Å². The summed E-state index contributed by atoms with van der Waals surface area (Å²) in [7, 11) is -3.36. The molecule has 1 aliphatic heterocycles. The Hall–Kier alpha value is -1.80. The summed E-state index contributed by atoms with van der Waals surface area (Å²) in [5.41, 5.74) is 0.801. The summed E-state index contributed by atoms with van der Waals surface area (Å²) in [5.74, 6) is 0.343. The highest BCUT2D eigenvalue weighted by Gasteiger charge is 2.34. The maximum Gasteiger partial charge on any atom is 0.255 e. The number of hydrogen-bond acceptors (Lipinski definition) is 5. The Morgan fingerprint density at radius 3 is 2.83 bits per heavy atom. The third kappa shape index (κ3) is 4.35. The number of amides is 2. The Balaban J connectivity index is 2.26. The molecule has 0 saturated carbocycles. The highest BCUT2D eigenvalue weighted by Crippen LogP contribution is 2.23. The van der Waals surface area contributed by atoms with Crippen LogP contribution in [0.1, 0.15) is 10.4 Å². The molecule has 23 heavy (non-hydrogen) atoms. The number of sulfone groups is 1. The fourth-order valence-corrected chi connectivity index (χ4v) is 5.07. The second-order valence-corrected chi connectivity index (χ2v) is 8.48. The van der Waals surface area contributed by atoms with E-state index in [2.05, 4.69) is 11.9 Å². The topological polar surface area (TPSA) is 83.6 Å². The van der Waals surface area contributed by atoms with Crippen molar-refractivity contribution in [1.29, 1.82) is 0 Å². The van der Waals surface area contributed by atoms with Gasteiger partial charge >= 0.3 is 0 Å². The summed E-state index contributed by atoms with van der Waals surface area (Å²) < 4.78 is 23.8. The number of nitrogens with zero attached hydrogens (tertiary/aromatic N) is 1. The molecule has 0 aliphatic carbocycles. The van der Waals surface area contributed by atoms with Crippen LogP contribution in [0.25, 0.3) is 0 Å². The van der Waals surface area contributed by atoms with Crippen LogP contribution >= 0.6 is 11.8 Å². The predicted octanol–water partition coefficient (Wildman–Crippen LogP) is 1.37. The van der Waals surface area contributed by atoms with Crippen LogP contribution in [0.2, 0.25) is 0 Å². The molecule has 1 fully saturated rings. The molecule has 2 rings (SSSR count). The van der Waals surface area contributed by atoms with Gasteiger partial charge in [0.05, 0.1) is 0 Å². The molecule has 1 unspecified atom stereocenters. The van der Waals surface area contributed by atoms with E-state index in [0.717, 1.165) is 12.3 Å². The first-order valence-corrected chi connectivity index (χ1v) is 10.0. The first-order valence-electron chi connectivity index (χ1n) is 6.94. The van der Waals surface area contributed by atoms with Crippen molar-refractivity contribution in [3.05, 3.63) is 42.5 Å². The predicted molar refractivity (Wildman–Crippen MR) is 92.3 cm³/mol. The van der Waals surface area contributed by atoms with Gasteiger partial charge in [0, 0.05) is 35.6 Å². The maximum absolute atomic E-state index is 12.7. The summed E-state index contributed by atoms with van der Waals surface area (Å²) in [6.07, 6.45) is 2.28. The number of hydrogen-bond donors (Lipinski definition) is 1. The molecule has 1 aromatic carbocycles. The van der Waals surface area contributed by atoms with Gasteiger partial charge in [0.15, 0.2) is 9.84 Å². The molecule has 124 valence electrons. The molecule has 1 aliphatic rings. The standard InChI is InChI=1S/C15H18N2O4S2/c1-3-13(18)16-12-6-4-5-11(9-12)15(19)17-7-8-22-10-14(17)23(2,20)21/h3-6,9,14H,1,7-8,10H2,2H3,(H,16,18). The SMILES string of the molecule is C=CC(=O)Nc1cccc(C(=O)N2CCSCC2S(C)(=O)=O)c1. The largest absolute Gasteiger partial charge is 0.323 e. The van der Waals surface area contributed by atoms with Crippen LogP contribution in [-0.4, -0.2) is 54.8 Å². The zero-order chi connectivity index (χ0) is 17.0. The van der Waals surface area contributed by atoms with Crippen LogP contribution in [0.3, 0.4) is 0 Å². The van der Waals surface area contributed by atoms with Crippen molar-refractivity contribution in [1.82, 2.24) is 4.90 Å². The van der Waals surface area contributed by atoms with E-state index < -0.39 is 15.2 Å². The molecule has 1 atom stereocenters. The smallest absolute Gasteiger partial charge is 0.255 e. The number of rotatable bonds is 4. The summed E-state index contributed by atoms with van der Waals surface area (Å²) in [6.45, 7) is 3.75. The molecule has 1 heterocycles. The number of carbonyl (C=O) groups excluding carboxylic acids is 2. The van der Waals surface area contributed by atoms with E-state index in [4.69, 9.17) is 0 Å². The van der Waals surface area contributed by atoms with Gasteiger partial charge in [-0.05, 0) is 24.3 Å². The molecule has 1 aromatic rings. The number of thioether (sulfide) groups is 1. The van der Waals surface area contributed by atoms with Gasteiger partial charge in [-0.1, -0.05) is 12.6 Å². The highest BCUT2D eigenvalue weighted by atomic mass is 32.2.